The van der Waals surface area contributed by atoms with Gasteiger partial charge in [-0.15, -0.1) is 12.4 Å². The summed E-state index contributed by atoms with van der Waals surface area (Å²) in [5.74, 6) is 0. The molecule has 0 unspecified atom stereocenters. The highest BCUT2D eigenvalue weighted by Crippen LogP contribution is 2.33. The zero-order valence-corrected chi connectivity index (χ0v) is 11.3. The second kappa shape index (κ2) is 6.10. The lowest BCUT2D eigenvalue weighted by Crippen LogP contribution is -2.23. The molecule has 3 rings (SSSR count). The van der Waals surface area contributed by atoms with E-state index in [1.807, 2.05) is 18.5 Å². The fourth-order valence-electron chi connectivity index (χ4n) is 2.48. The van der Waals surface area contributed by atoms with Crippen LogP contribution in [0.3, 0.4) is 0 Å². The first kappa shape index (κ1) is 13.9. The van der Waals surface area contributed by atoms with E-state index in [1.165, 1.54) is 16.7 Å². The Morgan fingerprint density at radius 1 is 1.26 bits per heavy atom. The predicted molar refractivity (Wildman–Crippen MR) is 76.2 cm³/mol. The second-order valence-corrected chi connectivity index (χ2v) is 4.35. The molecule has 0 aliphatic carbocycles. The molecule has 0 bridgehead atoms. The van der Waals surface area contributed by atoms with Crippen LogP contribution in [0, 0.1) is 0 Å². The van der Waals surface area contributed by atoms with Crippen LogP contribution in [0.25, 0.3) is 11.1 Å². The van der Waals surface area contributed by atoms with Crippen molar-refractivity contribution in [2.45, 2.75) is 12.5 Å². The van der Waals surface area contributed by atoms with Crippen molar-refractivity contribution < 1.29 is 4.74 Å². The number of nitrogens with two attached hydrogens (primary N) is 1. The quantitative estimate of drug-likeness (QED) is 0.914. The molecule has 5 heteroatoms. The minimum Gasteiger partial charge on any atom is -0.372 e. The first-order valence-electron chi connectivity index (χ1n) is 6.09. The molecule has 0 saturated carbocycles. The molecule has 2 N–H and O–H groups in total. The van der Waals surface area contributed by atoms with Crippen molar-refractivity contribution in [1.82, 2.24) is 9.97 Å². The van der Waals surface area contributed by atoms with Crippen molar-refractivity contribution in [1.29, 1.82) is 0 Å². The summed E-state index contributed by atoms with van der Waals surface area (Å²) in [6, 6.07) is 6.24. The molecular formula is C14H16ClN3O. The number of hydrogen-bond donors (Lipinski definition) is 1. The van der Waals surface area contributed by atoms with Gasteiger partial charge in [0.15, 0.2) is 0 Å². The molecule has 2 aromatic rings. The van der Waals surface area contributed by atoms with Crippen LogP contribution < -0.4 is 5.73 Å². The Hall–Kier alpha value is -1.49. The van der Waals surface area contributed by atoms with E-state index in [-0.39, 0.29) is 18.5 Å². The molecule has 1 aliphatic rings. The highest BCUT2D eigenvalue weighted by molar-refractivity contribution is 5.85. The van der Waals surface area contributed by atoms with E-state index >= 15 is 0 Å². The molecule has 4 nitrogen and oxygen atoms in total. The van der Waals surface area contributed by atoms with Gasteiger partial charge in [0.1, 0.15) is 6.33 Å². The van der Waals surface area contributed by atoms with E-state index in [4.69, 9.17) is 10.5 Å². The van der Waals surface area contributed by atoms with Gasteiger partial charge in [0.25, 0.3) is 0 Å². The topological polar surface area (TPSA) is 61.0 Å². The fourth-order valence-corrected chi connectivity index (χ4v) is 2.48. The van der Waals surface area contributed by atoms with Crippen molar-refractivity contribution in [3.05, 3.63) is 48.0 Å². The molecule has 19 heavy (non-hydrogen) atoms. The zero-order chi connectivity index (χ0) is 12.4. The van der Waals surface area contributed by atoms with Crippen LogP contribution in [-0.4, -0.2) is 23.1 Å². The lowest BCUT2D eigenvalue weighted by molar-refractivity contribution is 0.0486. The smallest absolute Gasteiger partial charge is 0.115 e. The summed E-state index contributed by atoms with van der Waals surface area (Å²) >= 11 is 0. The molecule has 100 valence electrons. The zero-order valence-electron chi connectivity index (χ0n) is 10.5. The third-order valence-electron chi connectivity index (χ3n) is 3.32. The molecule has 1 aliphatic heterocycles. The van der Waals surface area contributed by atoms with Crippen LogP contribution in [-0.2, 0) is 11.2 Å². The Balaban J connectivity index is 0.00000133. The predicted octanol–water partition coefficient (Wildman–Crippen LogP) is 2.14. The number of fused-ring (bicyclic) bond motifs is 1. The van der Waals surface area contributed by atoms with E-state index in [1.54, 1.807) is 6.33 Å². The van der Waals surface area contributed by atoms with Gasteiger partial charge in [-0.05, 0) is 23.1 Å². The number of ether oxygens (including phenoxy) is 1. The molecular weight excluding hydrogens is 262 g/mol. The Kier molecular flexibility index (Phi) is 4.47. The van der Waals surface area contributed by atoms with Gasteiger partial charge in [-0.3, -0.25) is 0 Å². The van der Waals surface area contributed by atoms with E-state index < -0.39 is 0 Å². The van der Waals surface area contributed by atoms with Gasteiger partial charge in [-0.1, -0.05) is 18.2 Å². The highest BCUT2D eigenvalue weighted by Gasteiger charge is 2.22. The average Bonchev–Trinajstić information content (AvgIpc) is 2.47. The van der Waals surface area contributed by atoms with Crippen molar-refractivity contribution >= 4 is 12.4 Å². The highest BCUT2D eigenvalue weighted by atomic mass is 35.5. The number of hydrogen-bond acceptors (Lipinski definition) is 4. The van der Waals surface area contributed by atoms with Gasteiger partial charge in [0.2, 0.25) is 0 Å². The van der Waals surface area contributed by atoms with Crippen molar-refractivity contribution in [2.75, 3.05) is 13.2 Å². The maximum Gasteiger partial charge on any atom is 0.115 e. The summed E-state index contributed by atoms with van der Waals surface area (Å²) in [5.41, 5.74) is 10.5. The van der Waals surface area contributed by atoms with Crippen LogP contribution in [0.2, 0.25) is 0 Å². The van der Waals surface area contributed by atoms with E-state index in [0.29, 0.717) is 6.54 Å². The van der Waals surface area contributed by atoms with Gasteiger partial charge in [0, 0.05) is 24.5 Å². The number of halogens is 1. The van der Waals surface area contributed by atoms with Crippen LogP contribution >= 0.6 is 12.4 Å². The fraction of sp³-hybridized carbons (Fsp3) is 0.286. The molecule has 0 spiro atoms. The summed E-state index contributed by atoms with van der Waals surface area (Å²) in [6.07, 6.45) is 6.16. The lowest BCUT2D eigenvalue weighted by Gasteiger charge is -2.26. The number of rotatable bonds is 2. The molecule has 1 atom stereocenters. The maximum absolute atomic E-state index is 5.76. The summed E-state index contributed by atoms with van der Waals surface area (Å²) in [5, 5.41) is 0. The van der Waals surface area contributed by atoms with Crippen molar-refractivity contribution in [3.63, 3.8) is 0 Å². The molecule has 1 aromatic heterocycles. The van der Waals surface area contributed by atoms with Crippen LogP contribution in [0.5, 0.6) is 0 Å². The third kappa shape index (κ3) is 2.61. The average molecular weight is 278 g/mol. The van der Waals surface area contributed by atoms with Crippen LogP contribution in [0.4, 0.5) is 0 Å². The first-order valence-corrected chi connectivity index (χ1v) is 6.09. The summed E-state index contributed by atoms with van der Waals surface area (Å²) in [6.45, 7) is 1.24. The number of aromatic nitrogens is 2. The summed E-state index contributed by atoms with van der Waals surface area (Å²) < 4.78 is 5.69. The van der Waals surface area contributed by atoms with Gasteiger partial charge in [-0.2, -0.15) is 0 Å². The van der Waals surface area contributed by atoms with E-state index in [2.05, 4.69) is 22.1 Å². The minimum atomic E-state index is 0. The van der Waals surface area contributed by atoms with Gasteiger partial charge in [0.05, 0.1) is 12.7 Å². The number of benzene rings is 1. The first-order chi connectivity index (χ1) is 8.90. The Morgan fingerprint density at radius 2 is 2.05 bits per heavy atom. The number of nitrogens with zero attached hydrogens (tertiary/aromatic N) is 2. The van der Waals surface area contributed by atoms with Crippen molar-refractivity contribution in [2.24, 2.45) is 5.73 Å². The largest absolute Gasteiger partial charge is 0.372 e. The SMILES string of the molecule is Cl.NC[C@@H]1OCCc2c(-c3cncnc3)cccc21. The van der Waals surface area contributed by atoms with Gasteiger partial charge in [-0.25, -0.2) is 9.97 Å². The minimum absolute atomic E-state index is 0. The van der Waals surface area contributed by atoms with Crippen molar-refractivity contribution in [3.8, 4) is 11.1 Å². The Bertz CT molecular complexity index is 548. The second-order valence-electron chi connectivity index (χ2n) is 4.35. The van der Waals surface area contributed by atoms with Gasteiger partial charge >= 0.3 is 0 Å². The van der Waals surface area contributed by atoms with Gasteiger partial charge < -0.3 is 10.5 Å². The molecule has 0 saturated heterocycles. The third-order valence-corrected chi connectivity index (χ3v) is 3.32. The molecule has 0 radical (unpaired) electrons. The standard InChI is InChI=1S/C14H15N3O.ClH/c15-6-14-13-3-1-2-11(12(13)4-5-18-14)10-7-16-9-17-8-10;/h1-3,7-9,14H,4-6,15H2;1H/t14-;/m0./s1. The van der Waals surface area contributed by atoms with E-state index in [0.717, 1.165) is 18.6 Å². The normalized spacial score (nSPS) is 17.4. The molecule has 0 fully saturated rings. The lowest BCUT2D eigenvalue weighted by atomic mass is 9.90. The monoisotopic (exact) mass is 277 g/mol. The Labute approximate surface area is 118 Å². The molecule has 2 heterocycles. The Morgan fingerprint density at radius 3 is 2.79 bits per heavy atom. The molecule has 1 aromatic carbocycles. The maximum atomic E-state index is 5.76. The summed E-state index contributed by atoms with van der Waals surface area (Å²) in [7, 11) is 0. The molecule has 0 amide bonds. The summed E-state index contributed by atoms with van der Waals surface area (Å²) in [4.78, 5) is 8.16. The van der Waals surface area contributed by atoms with E-state index in [9.17, 15) is 0 Å². The van der Waals surface area contributed by atoms with Crippen LogP contribution in [0.1, 0.15) is 17.2 Å². The van der Waals surface area contributed by atoms with Crippen LogP contribution in [0.15, 0.2) is 36.9 Å².